The molecule has 1 heterocycles. The van der Waals surface area contributed by atoms with Gasteiger partial charge in [0.25, 0.3) is 0 Å². The Labute approximate surface area is 123 Å². The van der Waals surface area contributed by atoms with Crippen molar-refractivity contribution < 1.29 is 4.79 Å². The molecule has 0 atom stereocenters. The molecule has 1 fully saturated rings. The van der Waals surface area contributed by atoms with Gasteiger partial charge in [0.1, 0.15) is 0 Å². The van der Waals surface area contributed by atoms with E-state index in [0.29, 0.717) is 6.04 Å². The molecular weight excluding hydrogens is 304 g/mol. The molecule has 3 nitrogen and oxygen atoms in total. The molecule has 1 aliphatic rings. The van der Waals surface area contributed by atoms with Crippen LogP contribution in [0.2, 0.25) is 0 Å². The Morgan fingerprint density at radius 1 is 1.42 bits per heavy atom. The molecule has 1 saturated heterocycles. The fourth-order valence-electron chi connectivity index (χ4n) is 2.45. The number of carbonyl (C=O) groups excluding carboxylic acids is 1. The predicted octanol–water partition coefficient (Wildman–Crippen LogP) is 2.86. The number of halogens is 1. The highest BCUT2D eigenvalue weighted by molar-refractivity contribution is 9.10. The second-order valence-corrected chi connectivity index (χ2v) is 6.11. The molecule has 1 aromatic carbocycles. The molecule has 0 radical (unpaired) electrons. The van der Waals surface area contributed by atoms with Crippen LogP contribution < -0.4 is 5.32 Å². The van der Waals surface area contributed by atoms with Crippen LogP contribution in [0.5, 0.6) is 0 Å². The lowest BCUT2D eigenvalue weighted by atomic mass is 10.0. The van der Waals surface area contributed by atoms with E-state index in [1.54, 1.807) is 6.92 Å². The van der Waals surface area contributed by atoms with Crippen LogP contribution in [0.4, 0.5) is 0 Å². The SMILES string of the molecule is CC(=O)N1CCC(NCc2ccc(C)cc2Br)CC1. The van der Waals surface area contributed by atoms with Crippen LogP contribution in [0.25, 0.3) is 0 Å². The molecule has 0 unspecified atom stereocenters. The fraction of sp³-hybridized carbons (Fsp3) is 0.533. The van der Waals surface area contributed by atoms with Crippen molar-refractivity contribution in [1.29, 1.82) is 0 Å². The Hall–Kier alpha value is -0.870. The summed E-state index contributed by atoms with van der Waals surface area (Å²) in [6, 6.07) is 6.97. The summed E-state index contributed by atoms with van der Waals surface area (Å²) in [5.74, 6) is 0.194. The topological polar surface area (TPSA) is 32.3 Å². The third-order valence-electron chi connectivity index (χ3n) is 3.73. The standard InChI is InChI=1S/C15H21BrN2O/c1-11-3-4-13(15(16)9-11)10-17-14-5-7-18(8-6-14)12(2)19/h3-4,9,14,17H,5-8,10H2,1-2H3. The van der Waals surface area contributed by atoms with Gasteiger partial charge in [0.2, 0.25) is 5.91 Å². The second-order valence-electron chi connectivity index (χ2n) is 5.26. The average molecular weight is 325 g/mol. The number of hydrogen-bond donors (Lipinski definition) is 1. The van der Waals surface area contributed by atoms with Gasteiger partial charge in [-0.1, -0.05) is 28.1 Å². The number of hydrogen-bond acceptors (Lipinski definition) is 2. The van der Waals surface area contributed by atoms with E-state index in [9.17, 15) is 4.79 Å². The smallest absolute Gasteiger partial charge is 0.219 e. The maximum atomic E-state index is 11.3. The first-order chi connectivity index (χ1) is 9.06. The molecule has 1 aliphatic heterocycles. The summed E-state index contributed by atoms with van der Waals surface area (Å²) in [6.45, 7) is 6.38. The molecule has 0 aromatic heterocycles. The number of nitrogens with zero attached hydrogens (tertiary/aromatic N) is 1. The quantitative estimate of drug-likeness (QED) is 0.927. The van der Waals surface area contributed by atoms with Crippen LogP contribution in [0.1, 0.15) is 30.9 Å². The van der Waals surface area contributed by atoms with Crippen molar-refractivity contribution in [3.8, 4) is 0 Å². The van der Waals surface area contributed by atoms with Crippen LogP contribution >= 0.6 is 15.9 Å². The molecule has 0 aliphatic carbocycles. The second kappa shape index (κ2) is 6.53. The molecule has 0 spiro atoms. The summed E-state index contributed by atoms with van der Waals surface area (Å²) in [7, 11) is 0. The number of nitrogens with one attached hydrogen (secondary N) is 1. The summed E-state index contributed by atoms with van der Waals surface area (Å²) in [6.07, 6.45) is 2.09. The van der Waals surface area contributed by atoms with Gasteiger partial charge < -0.3 is 10.2 Å². The van der Waals surface area contributed by atoms with Crippen molar-refractivity contribution in [3.05, 3.63) is 33.8 Å². The molecule has 4 heteroatoms. The lowest BCUT2D eigenvalue weighted by Gasteiger charge is -2.31. The Morgan fingerprint density at radius 2 is 2.11 bits per heavy atom. The number of likely N-dealkylation sites (tertiary alicyclic amines) is 1. The molecule has 19 heavy (non-hydrogen) atoms. The Kier molecular flexibility index (Phi) is 4.99. The molecule has 1 aromatic rings. The monoisotopic (exact) mass is 324 g/mol. The lowest BCUT2D eigenvalue weighted by Crippen LogP contribution is -2.43. The van der Waals surface area contributed by atoms with Gasteiger partial charge in [-0.3, -0.25) is 4.79 Å². The Bertz CT molecular complexity index is 453. The number of rotatable bonds is 3. The summed E-state index contributed by atoms with van der Waals surface area (Å²) in [5, 5.41) is 3.59. The fourth-order valence-corrected chi connectivity index (χ4v) is 3.08. The van der Waals surface area contributed by atoms with Crippen LogP contribution in [-0.2, 0) is 11.3 Å². The van der Waals surface area contributed by atoms with Gasteiger partial charge >= 0.3 is 0 Å². The van der Waals surface area contributed by atoms with Crippen LogP contribution in [0, 0.1) is 6.92 Å². The first kappa shape index (κ1) is 14.5. The van der Waals surface area contributed by atoms with Crippen LogP contribution in [-0.4, -0.2) is 29.9 Å². The average Bonchev–Trinajstić information content (AvgIpc) is 2.38. The number of carbonyl (C=O) groups is 1. The minimum Gasteiger partial charge on any atom is -0.343 e. The van der Waals surface area contributed by atoms with Crippen molar-refractivity contribution in [2.75, 3.05) is 13.1 Å². The summed E-state index contributed by atoms with van der Waals surface area (Å²) < 4.78 is 1.17. The van der Waals surface area contributed by atoms with Gasteiger partial charge in [0.15, 0.2) is 0 Å². The Morgan fingerprint density at radius 3 is 2.68 bits per heavy atom. The van der Waals surface area contributed by atoms with Crippen molar-refractivity contribution in [3.63, 3.8) is 0 Å². The molecule has 1 N–H and O–H groups in total. The third-order valence-corrected chi connectivity index (χ3v) is 4.47. The van der Waals surface area contributed by atoms with Crippen LogP contribution in [0.15, 0.2) is 22.7 Å². The maximum absolute atomic E-state index is 11.3. The predicted molar refractivity (Wildman–Crippen MR) is 81.0 cm³/mol. The Balaban J connectivity index is 1.82. The van der Waals surface area contributed by atoms with Gasteiger partial charge in [-0.15, -0.1) is 0 Å². The lowest BCUT2D eigenvalue weighted by molar-refractivity contribution is -0.129. The van der Waals surface area contributed by atoms with Gasteiger partial charge in [0, 0.05) is 37.1 Å². The van der Waals surface area contributed by atoms with E-state index in [1.807, 2.05) is 4.90 Å². The zero-order valence-electron chi connectivity index (χ0n) is 11.6. The molecule has 0 saturated carbocycles. The maximum Gasteiger partial charge on any atom is 0.219 e. The number of amides is 1. The molecule has 2 rings (SSSR count). The number of piperidine rings is 1. The van der Waals surface area contributed by atoms with E-state index in [1.165, 1.54) is 15.6 Å². The van der Waals surface area contributed by atoms with Crippen molar-refractivity contribution in [2.45, 2.75) is 39.3 Å². The highest BCUT2D eigenvalue weighted by Gasteiger charge is 2.20. The first-order valence-corrected chi connectivity index (χ1v) is 7.59. The van der Waals surface area contributed by atoms with E-state index in [0.717, 1.165) is 32.5 Å². The summed E-state index contributed by atoms with van der Waals surface area (Å²) >= 11 is 3.61. The largest absolute Gasteiger partial charge is 0.343 e. The van der Waals surface area contributed by atoms with Crippen molar-refractivity contribution in [2.24, 2.45) is 0 Å². The van der Waals surface area contributed by atoms with E-state index in [4.69, 9.17) is 0 Å². The zero-order valence-corrected chi connectivity index (χ0v) is 13.2. The van der Waals surface area contributed by atoms with Crippen LogP contribution in [0.3, 0.4) is 0 Å². The zero-order chi connectivity index (χ0) is 13.8. The van der Waals surface area contributed by atoms with Gasteiger partial charge in [-0.25, -0.2) is 0 Å². The molecular formula is C15H21BrN2O. The summed E-state index contributed by atoms with van der Waals surface area (Å²) in [4.78, 5) is 13.2. The van der Waals surface area contributed by atoms with Gasteiger partial charge in [-0.2, -0.15) is 0 Å². The molecule has 0 bridgehead atoms. The van der Waals surface area contributed by atoms with E-state index in [2.05, 4.69) is 46.4 Å². The van der Waals surface area contributed by atoms with Gasteiger partial charge in [-0.05, 0) is 37.0 Å². The first-order valence-electron chi connectivity index (χ1n) is 6.80. The number of benzene rings is 1. The number of aryl methyl sites for hydroxylation is 1. The van der Waals surface area contributed by atoms with Crippen molar-refractivity contribution >= 4 is 21.8 Å². The normalized spacial score (nSPS) is 16.7. The van der Waals surface area contributed by atoms with Crippen molar-refractivity contribution in [1.82, 2.24) is 10.2 Å². The summed E-state index contributed by atoms with van der Waals surface area (Å²) in [5.41, 5.74) is 2.56. The molecule has 104 valence electrons. The molecule has 1 amide bonds. The van der Waals surface area contributed by atoms with E-state index >= 15 is 0 Å². The third kappa shape index (κ3) is 4.05. The highest BCUT2D eigenvalue weighted by Crippen LogP contribution is 2.19. The van der Waals surface area contributed by atoms with E-state index < -0.39 is 0 Å². The minimum atomic E-state index is 0.194. The minimum absolute atomic E-state index is 0.194. The van der Waals surface area contributed by atoms with Gasteiger partial charge in [0.05, 0.1) is 0 Å². The van der Waals surface area contributed by atoms with E-state index in [-0.39, 0.29) is 5.91 Å². The highest BCUT2D eigenvalue weighted by atomic mass is 79.9.